The minimum Gasteiger partial charge on any atom is -0.465 e. The number of nitriles is 1. The van der Waals surface area contributed by atoms with Gasteiger partial charge in [0.1, 0.15) is 17.5 Å². The molecule has 0 saturated carbocycles. The molecule has 0 spiro atoms. The largest absolute Gasteiger partial charge is 0.465 e. The summed E-state index contributed by atoms with van der Waals surface area (Å²) in [5.41, 5.74) is 9.19. The second-order valence-electron chi connectivity index (χ2n) is 6.11. The van der Waals surface area contributed by atoms with Crippen molar-refractivity contribution in [3.8, 4) is 6.07 Å². The average molecular weight is 425 g/mol. The molecule has 2 aromatic carbocycles. The maximum absolute atomic E-state index is 11.7. The molecular weight excluding hydrogens is 408 g/mol. The van der Waals surface area contributed by atoms with Gasteiger partial charge in [-0.05, 0) is 35.4 Å². The van der Waals surface area contributed by atoms with Crippen LogP contribution in [-0.2, 0) is 16.9 Å². The minimum absolute atomic E-state index is 0.150. The number of ether oxygens (including phenoxy) is 1. The van der Waals surface area contributed by atoms with Crippen molar-refractivity contribution in [2.75, 3.05) is 12.8 Å². The Hall–Kier alpha value is -3.08. The predicted octanol–water partition coefficient (Wildman–Crippen LogP) is 4.25. The lowest BCUT2D eigenvalue weighted by Crippen LogP contribution is -2.06. The summed E-state index contributed by atoms with van der Waals surface area (Å²) in [6.45, 7) is 0. The fourth-order valence-corrected chi connectivity index (χ4v) is 3.61. The fourth-order valence-electron chi connectivity index (χ4n) is 2.67. The van der Waals surface area contributed by atoms with Gasteiger partial charge in [-0.3, -0.25) is 0 Å². The van der Waals surface area contributed by atoms with Crippen LogP contribution in [0.25, 0.3) is 0 Å². The molecule has 8 heteroatoms. The van der Waals surface area contributed by atoms with Crippen molar-refractivity contribution >= 4 is 35.1 Å². The Kier molecular flexibility index (Phi) is 6.70. The van der Waals surface area contributed by atoms with E-state index in [-0.39, 0.29) is 17.4 Å². The van der Waals surface area contributed by atoms with Gasteiger partial charge in [-0.1, -0.05) is 47.6 Å². The lowest BCUT2D eigenvalue weighted by molar-refractivity contribution is 0.0600. The Morgan fingerprint density at radius 2 is 1.97 bits per heavy atom. The minimum atomic E-state index is -0.388. The van der Waals surface area contributed by atoms with Crippen molar-refractivity contribution in [2.45, 2.75) is 17.3 Å². The summed E-state index contributed by atoms with van der Waals surface area (Å²) in [5.74, 6) is 0.301. The van der Waals surface area contributed by atoms with Gasteiger partial charge in [-0.25, -0.2) is 14.8 Å². The molecule has 29 heavy (non-hydrogen) atoms. The van der Waals surface area contributed by atoms with Crippen molar-refractivity contribution in [1.29, 1.82) is 5.26 Å². The number of thioether (sulfide) groups is 1. The number of nitrogen functional groups attached to an aromatic ring is 1. The van der Waals surface area contributed by atoms with Crippen LogP contribution in [0, 0.1) is 11.3 Å². The highest BCUT2D eigenvalue weighted by Crippen LogP contribution is 2.25. The number of halogens is 1. The molecule has 0 fully saturated rings. The van der Waals surface area contributed by atoms with Gasteiger partial charge in [0.15, 0.2) is 5.16 Å². The van der Waals surface area contributed by atoms with Gasteiger partial charge < -0.3 is 10.5 Å². The Bertz CT molecular complexity index is 1080. The van der Waals surface area contributed by atoms with Gasteiger partial charge in [0.2, 0.25) is 0 Å². The summed E-state index contributed by atoms with van der Waals surface area (Å²) < 4.78 is 4.75. The summed E-state index contributed by atoms with van der Waals surface area (Å²) in [7, 11) is 1.35. The van der Waals surface area contributed by atoms with Gasteiger partial charge in [0.05, 0.1) is 18.4 Å². The normalized spacial score (nSPS) is 10.4. The smallest absolute Gasteiger partial charge is 0.337 e. The Morgan fingerprint density at radius 1 is 1.21 bits per heavy atom. The number of carbonyl (C=O) groups excluding carboxylic acids is 1. The zero-order valence-electron chi connectivity index (χ0n) is 15.6. The summed E-state index contributed by atoms with van der Waals surface area (Å²) in [5, 5.41) is 10.6. The number of nitrogens with zero attached hydrogens (tertiary/aromatic N) is 3. The third kappa shape index (κ3) is 5.25. The molecule has 0 atom stereocenters. The van der Waals surface area contributed by atoms with Crippen molar-refractivity contribution in [3.05, 3.63) is 81.5 Å². The van der Waals surface area contributed by atoms with E-state index in [2.05, 4.69) is 16.0 Å². The second kappa shape index (κ2) is 9.41. The number of hydrogen-bond donors (Lipinski definition) is 1. The molecule has 146 valence electrons. The van der Waals surface area contributed by atoms with E-state index in [1.165, 1.54) is 18.9 Å². The van der Waals surface area contributed by atoms with Crippen LogP contribution in [0.3, 0.4) is 0 Å². The molecule has 3 aromatic rings. The first-order valence-corrected chi connectivity index (χ1v) is 9.97. The molecular formula is C21H17ClN4O2S. The van der Waals surface area contributed by atoms with E-state index in [1.807, 2.05) is 18.2 Å². The topological polar surface area (TPSA) is 102 Å². The van der Waals surface area contributed by atoms with Gasteiger partial charge in [0, 0.05) is 17.2 Å². The third-order valence-electron chi connectivity index (χ3n) is 4.10. The standard InChI is InChI=1S/C21H17ClN4O2S/c1-28-20(27)15-4-2-3-14(9-15)12-29-21-25-18(17(11-23)19(24)26-21)10-13-5-7-16(22)8-6-13/h2-9H,10,12H2,1H3,(H2,24,25,26). The van der Waals surface area contributed by atoms with E-state index in [1.54, 1.807) is 30.3 Å². The first-order chi connectivity index (χ1) is 14.0. The molecule has 3 rings (SSSR count). The molecule has 2 N–H and O–H groups in total. The monoisotopic (exact) mass is 424 g/mol. The first-order valence-electron chi connectivity index (χ1n) is 8.61. The second-order valence-corrected chi connectivity index (χ2v) is 7.49. The van der Waals surface area contributed by atoms with E-state index in [0.29, 0.717) is 33.6 Å². The molecule has 0 unspecified atom stereocenters. The van der Waals surface area contributed by atoms with E-state index in [9.17, 15) is 10.1 Å². The quantitative estimate of drug-likeness (QED) is 0.358. The fraction of sp³-hybridized carbons (Fsp3) is 0.143. The number of aromatic nitrogens is 2. The van der Waals surface area contributed by atoms with Crippen LogP contribution in [0.4, 0.5) is 5.82 Å². The highest BCUT2D eigenvalue weighted by molar-refractivity contribution is 7.98. The SMILES string of the molecule is COC(=O)c1cccc(CSc2nc(N)c(C#N)c(Cc3ccc(Cl)cc3)n2)c1. The van der Waals surface area contributed by atoms with Crippen LogP contribution in [0.2, 0.25) is 5.02 Å². The number of hydrogen-bond acceptors (Lipinski definition) is 7. The molecule has 1 aromatic heterocycles. The number of anilines is 1. The van der Waals surface area contributed by atoms with Crippen LogP contribution in [0.5, 0.6) is 0 Å². The zero-order valence-corrected chi connectivity index (χ0v) is 17.1. The van der Waals surface area contributed by atoms with Crippen molar-refractivity contribution in [2.24, 2.45) is 0 Å². The van der Waals surface area contributed by atoms with Crippen LogP contribution in [0.15, 0.2) is 53.7 Å². The molecule has 0 radical (unpaired) electrons. The molecule has 0 aliphatic rings. The van der Waals surface area contributed by atoms with Crippen LogP contribution < -0.4 is 5.73 Å². The zero-order chi connectivity index (χ0) is 20.8. The number of nitrogens with two attached hydrogens (primary N) is 1. The summed E-state index contributed by atoms with van der Waals surface area (Å²) in [6, 6.07) is 16.6. The first kappa shape index (κ1) is 20.6. The van der Waals surface area contributed by atoms with Crippen LogP contribution in [0.1, 0.15) is 32.7 Å². The molecule has 6 nitrogen and oxygen atoms in total. The van der Waals surface area contributed by atoms with E-state index < -0.39 is 0 Å². The molecule has 1 heterocycles. The highest BCUT2D eigenvalue weighted by Gasteiger charge is 2.14. The Labute approximate surface area is 177 Å². The number of benzene rings is 2. The van der Waals surface area contributed by atoms with E-state index >= 15 is 0 Å². The number of carbonyl (C=O) groups is 1. The van der Waals surface area contributed by atoms with Crippen molar-refractivity contribution < 1.29 is 9.53 Å². The van der Waals surface area contributed by atoms with Crippen LogP contribution in [-0.4, -0.2) is 23.0 Å². The number of rotatable bonds is 6. The average Bonchev–Trinajstić information content (AvgIpc) is 2.73. The van der Waals surface area contributed by atoms with E-state index in [0.717, 1.165) is 11.1 Å². The predicted molar refractivity (Wildman–Crippen MR) is 113 cm³/mol. The third-order valence-corrected chi connectivity index (χ3v) is 5.27. The van der Waals surface area contributed by atoms with Crippen molar-refractivity contribution in [3.63, 3.8) is 0 Å². The number of methoxy groups -OCH3 is 1. The van der Waals surface area contributed by atoms with Gasteiger partial charge >= 0.3 is 5.97 Å². The van der Waals surface area contributed by atoms with E-state index in [4.69, 9.17) is 22.1 Å². The Morgan fingerprint density at radius 3 is 2.66 bits per heavy atom. The number of esters is 1. The molecule has 0 amide bonds. The maximum atomic E-state index is 11.7. The lowest BCUT2D eigenvalue weighted by atomic mass is 10.1. The molecule has 0 bridgehead atoms. The summed E-state index contributed by atoms with van der Waals surface area (Å²) in [4.78, 5) is 20.5. The molecule has 0 saturated heterocycles. The van der Waals surface area contributed by atoms with Crippen LogP contribution >= 0.6 is 23.4 Å². The van der Waals surface area contributed by atoms with Gasteiger partial charge in [-0.2, -0.15) is 5.26 Å². The van der Waals surface area contributed by atoms with Gasteiger partial charge in [-0.15, -0.1) is 0 Å². The Balaban J connectivity index is 1.81. The summed E-state index contributed by atoms with van der Waals surface area (Å²) in [6.07, 6.45) is 0.443. The van der Waals surface area contributed by atoms with Crippen molar-refractivity contribution in [1.82, 2.24) is 9.97 Å². The maximum Gasteiger partial charge on any atom is 0.337 e. The summed E-state index contributed by atoms with van der Waals surface area (Å²) >= 11 is 7.31. The highest BCUT2D eigenvalue weighted by atomic mass is 35.5. The van der Waals surface area contributed by atoms with Gasteiger partial charge in [0.25, 0.3) is 0 Å². The molecule has 0 aliphatic carbocycles. The molecule has 0 aliphatic heterocycles. The lowest BCUT2D eigenvalue weighted by Gasteiger charge is -2.09.